The number of carbonyl (C=O) groups excluding carboxylic acids is 11. The zero-order valence-electron chi connectivity index (χ0n) is 64.4. The minimum atomic E-state index is -1.67. The van der Waals surface area contributed by atoms with Crippen LogP contribution in [0.3, 0.4) is 0 Å². The van der Waals surface area contributed by atoms with Crippen LogP contribution in [-0.2, 0) is 62.2 Å². The molecule has 0 radical (unpaired) electrons. The van der Waals surface area contributed by atoms with Crippen LogP contribution in [-0.4, -0.2) is 277 Å². The van der Waals surface area contributed by atoms with Crippen LogP contribution < -0.4 is 21.3 Å². The van der Waals surface area contributed by atoms with Gasteiger partial charge < -0.3 is 75.0 Å². The zero-order chi connectivity index (χ0) is 75.0. The monoisotopic (exact) mass is 1370 g/mol. The molecule has 1 heterocycles. The molecule has 0 aromatic heterocycles. The molecule has 26 nitrogen and oxygen atoms in total. The number of aliphatic hydroxyl groups is 1. The van der Waals surface area contributed by atoms with Gasteiger partial charge in [-0.2, -0.15) is 0 Å². The molecule has 0 saturated carbocycles. The van der Waals surface area contributed by atoms with Crippen molar-refractivity contribution in [1.82, 2.24) is 60.5 Å². The van der Waals surface area contributed by atoms with Crippen LogP contribution in [0, 0.1) is 35.5 Å². The standard InChI is InChI=1S/C71H130N12O14/c1-28-32-34-47(15)59(84)58-63(88)74-50(29-2)65(90)80(24)55(41-97-36-33-35-83(30-3)31-4)68(93)79(23)54(40-71(18,19)96-27)62(87)75-56(45(11)12)69(94)76(20)51(37-42(5)6)61(86)72-48(16)60(85)73-49(17)64(89)77(21)52(38-43(7)8)66(91)78(22)53(39-44(9)10)67(92)81(25)57(46(13)14)70(95)82(58)26/h28,32,42-59,84H,29-31,33-41H2,1-27H3,(H,72,86)(H,73,85)(H,74,88)(H,75,87)/b32-28+/t47-,48+,49-,50+,51+,52+,53+,54+,55-,56+,57+,58+,59-/m1/s1. The van der Waals surface area contributed by atoms with Gasteiger partial charge in [0.05, 0.1) is 18.3 Å². The van der Waals surface area contributed by atoms with Gasteiger partial charge in [-0.25, -0.2) is 0 Å². The van der Waals surface area contributed by atoms with E-state index in [-0.39, 0.29) is 69.5 Å². The van der Waals surface area contributed by atoms with Crippen LogP contribution in [0.2, 0.25) is 0 Å². The van der Waals surface area contributed by atoms with E-state index in [4.69, 9.17) is 9.47 Å². The fourth-order valence-electron chi connectivity index (χ4n) is 12.2. The van der Waals surface area contributed by atoms with Crippen molar-refractivity contribution in [1.29, 1.82) is 0 Å². The molecule has 5 N–H and O–H groups in total. The predicted molar refractivity (Wildman–Crippen MR) is 377 cm³/mol. The molecule has 26 heteroatoms. The Bertz CT molecular complexity index is 2610. The average Bonchev–Trinajstić information content (AvgIpc) is 0.815. The first-order valence-electron chi connectivity index (χ1n) is 35.2. The number of aliphatic hydroxyl groups excluding tert-OH is 1. The van der Waals surface area contributed by atoms with Crippen molar-refractivity contribution in [3.8, 4) is 0 Å². The van der Waals surface area contributed by atoms with Gasteiger partial charge in [-0.05, 0) is 122 Å². The van der Waals surface area contributed by atoms with E-state index in [0.717, 1.165) is 22.9 Å². The Balaban J connectivity index is 4.61. The number of hydrogen-bond donors (Lipinski definition) is 5. The van der Waals surface area contributed by atoms with Crippen molar-refractivity contribution < 1.29 is 67.3 Å². The Labute approximate surface area is 582 Å². The SMILES string of the molecule is C/C=C/C[C@@H](C)[C@@H](O)[C@H]1C(=O)N[C@@H](CC)C(=O)N(C)[C@H](COCCCN(CC)CC)C(=O)N(C)[C@@H](CC(C)(C)OC)C(=O)N[C@@H](C(C)C)C(=O)N(C)[C@@H](CC(C)C)C(=O)N[C@@H](C)C(=O)N[C@H](C)C(=O)N(C)[C@@H](CC(C)C)C(=O)N(C)[C@@H](CC(C)C)C(=O)N(C)[C@@H](C(C)C)C(=O)N1C. The molecule has 0 unspecified atom stereocenters. The minimum absolute atomic E-state index is 0.0405. The van der Waals surface area contributed by atoms with E-state index in [0.29, 0.717) is 13.0 Å². The summed E-state index contributed by atoms with van der Waals surface area (Å²) in [6.07, 6.45) is 3.14. The van der Waals surface area contributed by atoms with E-state index in [1.807, 2.05) is 61.5 Å². The summed E-state index contributed by atoms with van der Waals surface area (Å²) in [5.41, 5.74) is -1.07. The van der Waals surface area contributed by atoms with Gasteiger partial charge in [0.15, 0.2) is 0 Å². The number of ether oxygens (including phenoxy) is 2. The topological polar surface area (TPSA) is 300 Å². The van der Waals surface area contributed by atoms with Gasteiger partial charge in [-0.1, -0.05) is 109 Å². The summed E-state index contributed by atoms with van der Waals surface area (Å²) in [4.78, 5) is 176. The summed E-state index contributed by atoms with van der Waals surface area (Å²) in [6, 6.07) is -14.4. The number of methoxy groups -OCH3 is 1. The number of allylic oxidation sites excluding steroid dienone is 2. The Morgan fingerprint density at radius 2 is 0.959 bits per heavy atom. The molecule has 1 saturated heterocycles. The Kier molecular flexibility index (Phi) is 37.8. The van der Waals surface area contributed by atoms with Crippen LogP contribution >= 0.6 is 0 Å². The highest BCUT2D eigenvalue weighted by molar-refractivity contribution is 6.00. The molecule has 558 valence electrons. The third-order valence-corrected chi connectivity index (χ3v) is 18.9. The number of nitrogens with zero attached hydrogens (tertiary/aromatic N) is 8. The fraction of sp³-hybridized carbons (Fsp3) is 0.817. The molecular formula is C71H130N12O14. The lowest BCUT2D eigenvalue weighted by Crippen LogP contribution is -2.64. The van der Waals surface area contributed by atoms with Crippen molar-refractivity contribution in [2.45, 2.75) is 255 Å². The number of hydrogen-bond acceptors (Lipinski definition) is 15. The molecule has 0 bridgehead atoms. The molecule has 0 aliphatic carbocycles. The molecular weight excluding hydrogens is 1240 g/mol. The second-order valence-electron chi connectivity index (χ2n) is 29.3. The Hall–Kier alpha value is -6.25. The zero-order valence-corrected chi connectivity index (χ0v) is 64.4. The molecule has 0 spiro atoms. The van der Waals surface area contributed by atoms with Gasteiger partial charge in [0.25, 0.3) is 0 Å². The quantitative estimate of drug-likeness (QED) is 0.0670. The van der Waals surface area contributed by atoms with Gasteiger partial charge in [-0.3, -0.25) is 52.7 Å². The number of nitrogens with one attached hydrogen (secondary N) is 4. The van der Waals surface area contributed by atoms with Gasteiger partial charge in [-0.15, -0.1) is 0 Å². The average molecular weight is 1380 g/mol. The summed E-state index contributed by atoms with van der Waals surface area (Å²) >= 11 is 0. The van der Waals surface area contributed by atoms with Gasteiger partial charge in [0.2, 0.25) is 65.0 Å². The smallest absolute Gasteiger partial charge is 0.248 e. The number of amides is 11. The molecule has 11 amide bonds. The van der Waals surface area contributed by atoms with Crippen molar-refractivity contribution in [2.75, 3.05) is 89.3 Å². The lowest BCUT2D eigenvalue weighted by molar-refractivity contribution is -0.157. The number of rotatable bonds is 24. The summed E-state index contributed by atoms with van der Waals surface area (Å²) in [5, 5.41) is 23.5. The maximum absolute atomic E-state index is 15.5. The van der Waals surface area contributed by atoms with Crippen molar-refractivity contribution in [3.05, 3.63) is 12.2 Å². The highest BCUT2D eigenvalue weighted by atomic mass is 16.5. The molecule has 1 aliphatic heterocycles. The highest BCUT2D eigenvalue weighted by Gasteiger charge is 2.47. The largest absolute Gasteiger partial charge is 0.390 e. The first-order chi connectivity index (χ1) is 45.0. The molecule has 0 aromatic carbocycles. The second kappa shape index (κ2) is 41.4. The number of carbonyl (C=O) groups is 11. The lowest BCUT2D eigenvalue weighted by Gasteiger charge is -2.41. The lowest BCUT2D eigenvalue weighted by atomic mass is 9.91. The van der Waals surface area contributed by atoms with Gasteiger partial charge >= 0.3 is 0 Å². The maximum Gasteiger partial charge on any atom is 0.248 e. The van der Waals surface area contributed by atoms with Crippen LogP contribution in [0.25, 0.3) is 0 Å². The molecule has 1 fully saturated rings. The van der Waals surface area contributed by atoms with E-state index < -0.39 is 161 Å². The number of likely N-dealkylation sites (N-methyl/N-ethyl adjacent to an activating group) is 7. The minimum Gasteiger partial charge on any atom is -0.390 e. The van der Waals surface area contributed by atoms with Crippen LogP contribution in [0.15, 0.2) is 12.2 Å². The van der Waals surface area contributed by atoms with Gasteiger partial charge in [0.1, 0.15) is 66.5 Å². The van der Waals surface area contributed by atoms with Crippen molar-refractivity contribution in [3.63, 3.8) is 0 Å². The fourth-order valence-corrected chi connectivity index (χ4v) is 12.2. The molecule has 1 rings (SSSR count). The predicted octanol–water partition coefficient (Wildman–Crippen LogP) is 4.16. The summed E-state index contributed by atoms with van der Waals surface area (Å²) in [6.45, 7) is 35.8. The van der Waals surface area contributed by atoms with E-state index in [9.17, 15) is 24.3 Å². The summed E-state index contributed by atoms with van der Waals surface area (Å²) < 4.78 is 12.1. The van der Waals surface area contributed by atoms with Crippen LogP contribution in [0.5, 0.6) is 0 Å². The molecule has 97 heavy (non-hydrogen) atoms. The summed E-state index contributed by atoms with van der Waals surface area (Å²) in [7, 11) is 11.4. The van der Waals surface area contributed by atoms with E-state index in [2.05, 4.69) is 26.2 Å². The van der Waals surface area contributed by atoms with E-state index in [1.54, 1.807) is 68.4 Å². The first-order valence-corrected chi connectivity index (χ1v) is 35.2. The van der Waals surface area contributed by atoms with E-state index >= 15 is 33.6 Å². The third kappa shape index (κ3) is 25.8. The molecule has 0 aromatic rings. The highest BCUT2D eigenvalue weighted by Crippen LogP contribution is 2.27. The first kappa shape index (κ1) is 88.8. The Morgan fingerprint density at radius 1 is 0.515 bits per heavy atom. The molecule has 13 atom stereocenters. The van der Waals surface area contributed by atoms with Crippen LogP contribution in [0.1, 0.15) is 176 Å². The normalized spacial score (nSPS) is 26.0. The van der Waals surface area contributed by atoms with Crippen molar-refractivity contribution in [2.24, 2.45) is 35.5 Å². The van der Waals surface area contributed by atoms with E-state index in [1.165, 1.54) is 94.8 Å². The summed E-state index contributed by atoms with van der Waals surface area (Å²) in [5.74, 6) is -10.2. The van der Waals surface area contributed by atoms with Crippen LogP contribution in [0.4, 0.5) is 0 Å². The Morgan fingerprint density at radius 3 is 1.43 bits per heavy atom. The maximum atomic E-state index is 15.5. The second-order valence-corrected chi connectivity index (χ2v) is 29.3. The third-order valence-electron chi connectivity index (χ3n) is 18.9. The van der Waals surface area contributed by atoms with Crippen molar-refractivity contribution >= 4 is 65.0 Å². The van der Waals surface area contributed by atoms with Gasteiger partial charge in [0, 0.05) is 76.0 Å². The molecule has 1 aliphatic rings.